The normalized spacial score (nSPS) is 19.7. The Morgan fingerprint density at radius 3 is 2.56 bits per heavy atom. The van der Waals surface area contributed by atoms with Gasteiger partial charge in [0, 0.05) is 6.54 Å². The third kappa shape index (κ3) is 2.98. The van der Waals surface area contributed by atoms with Gasteiger partial charge in [-0.2, -0.15) is 0 Å². The van der Waals surface area contributed by atoms with Gasteiger partial charge in [-0.15, -0.1) is 0 Å². The van der Waals surface area contributed by atoms with Crippen molar-refractivity contribution < 1.29 is 14.4 Å². The SMILES string of the molecule is CC(CN)CNC(=O)CN1C(=O)NC(=O)C1(C)C. The highest BCUT2D eigenvalue weighted by molar-refractivity contribution is 6.07. The molecule has 1 rings (SSSR count). The van der Waals surface area contributed by atoms with Gasteiger partial charge in [-0.3, -0.25) is 14.9 Å². The fraction of sp³-hybridized carbons (Fsp3) is 0.727. The number of amides is 4. The minimum absolute atomic E-state index is 0.137. The molecule has 1 fully saturated rings. The molecule has 7 heteroatoms. The number of carbonyl (C=O) groups excluding carboxylic acids is 3. The van der Waals surface area contributed by atoms with Gasteiger partial charge in [-0.05, 0) is 26.3 Å². The molecule has 0 aromatic rings. The number of urea groups is 1. The molecule has 1 aliphatic heterocycles. The van der Waals surface area contributed by atoms with Crippen LogP contribution in [0.15, 0.2) is 0 Å². The molecule has 0 aromatic carbocycles. The first-order chi connectivity index (χ1) is 8.28. The van der Waals surface area contributed by atoms with Gasteiger partial charge in [0.25, 0.3) is 5.91 Å². The van der Waals surface area contributed by atoms with Crippen LogP contribution in [0.3, 0.4) is 0 Å². The van der Waals surface area contributed by atoms with Crippen molar-refractivity contribution in [2.45, 2.75) is 26.3 Å². The van der Waals surface area contributed by atoms with Crippen molar-refractivity contribution in [3.63, 3.8) is 0 Å². The van der Waals surface area contributed by atoms with Gasteiger partial charge in [0.2, 0.25) is 5.91 Å². The highest BCUT2D eigenvalue weighted by atomic mass is 16.2. The molecule has 1 saturated heterocycles. The van der Waals surface area contributed by atoms with Crippen LogP contribution in [0.2, 0.25) is 0 Å². The first-order valence-corrected chi connectivity index (χ1v) is 5.89. The minimum Gasteiger partial charge on any atom is -0.354 e. The van der Waals surface area contributed by atoms with Crippen LogP contribution in [0.25, 0.3) is 0 Å². The molecular weight excluding hydrogens is 236 g/mol. The average molecular weight is 256 g/mol. The van der Waals surface area contributed by atoms with E-state index in [9.17, 15) is 14.4 Å². The molecule has 102 valence electrons. The largest absolute Gasteiger partial charge is 0.354 e. The number of nitrogens with two attached hydrogens (primary N) is 1. The molecule has 1 atom stereocenters. The molecule has 0 aliphatic carbocycles. The summed E-state index contributed by atoms with van der Waals surface area (Å²) in [7, 11) is 0. The van der Waals surface area contributed by atoms with E-state index in [-0.39, 0.29) is 18.4 Å². The van der Waals surface area contributed by atoms with E-state index in [0.29, 0.717) is 13.1 Å². The molecule has 1 heterocycles. The van der Waals surface area contributed by atoms with Crippen LogP contribution >= 0.6 is 0 Å². The van der Waals surface area contributed by atoms with E-state index >= 15 is 0 Å². The zero-order valence-electron chi connectivity index (χ0n) is 10.9. The van der Waals surface area contributed by atoms with Gasteiger partial charge in [0.05, 0.1) is 0 Å². The highest BCUT2D eigenvalue weighted by Gasteiger charge is 2.46. The Balaban J connectivity index is 2.54. The lowest BCUT2D eigenvalue weighted by molar-refractivity contribution is -0.127. The summed E-state index contributed by atoms with van der Waals surface area (Å²) < 4.78 is 0. The molecule has 7 nitrogen and oxygen atoms in total. The topological polar surface area (TPSA) is 105 Å². The maximum atomic E-state index is 11.7. The minimum atomic E-state index is -0.992. The summed E-state index contributed by atoms with van der Waals surface area (Å²) in [6.45, 7) is 5.91. The second kappa shape index (κ2) is 5.34. The molecular formula is C11H20N4O3. The molecule has 1 unspecified atom stereocenters. The zero-order valence-corrected chi connectivity index (χ0v) is 10.9. The molecule has 0 saturated carbocycles. The first-order valence-electron chi connectivity index (χ1n) is 5.89. The number of rotatable bonds is 5. The molecule has 1 aliphatic rings. The van der Waals surface area contributed by atoms with E-state index in [4.69, 9.17) is 5.73 Å². The lowest BCUT2D eigenvalue weighted by atomic mass is 10.0. The molecule has 0 bridgehead atoms. The molecule has 0 aromatic heterocycles. The fourth-order valence-electron chi connectivity index (χ4n) is 1.53. The van der Waals surface area contributed by atoms with Crippen molar-refractivity contribution in [1.82, 2.24) is 15.5 Å². The van der Waals surface area contributed by atoms with Crippen molar-refractivity contribution in [1.29, 1.82) is 0 Å². The standard InChI is InChI=1S/C11H20N4O3/c1-7(4-12)5-13-8(16)6-15-10(18)14-9(17)11(15,2)3/h7H,4-6,12H2,1-3H3,(H,13,16)(H,14,17,18). The summed E-state index contributed by atoms with van der Waals surface area (Å²) in [5.41, 5.74) is 4.44. The monoisotopic (exact) mass is 256 g/mol. The molecule has 4 N–H and O–H groups in total. The Hall–Kier alpha value is -1.63. The Morgan fingerprint density at radius 2 is 2.11 bits per heavy atom. The van der Waals surface area contributed by atoms with Crippen LogP contribution in [0.1, 0.15) is 20.8 Å². The molecule has 18 heavy (non-hydrogen) atoms. The predicted octanol–water partition coefficient (Wildman–Crippen LogP) is -0.972. The molecule has 0 radical (unpaired) electrons. The van der Waals surface area contributed by atoms with Crippen LogP contribution in [0.4, 0.5) is 4.79 Å². The number of hydrogen-bond acceptors (Lipinski definition) is 4. The van der Waals surface area contributed by atoms with E-state index in [1.54, 1.807) is 13.8 Å². The molecule has 0 spiro atoms. The van der Waals surface area contributed by atoms with Crippen molar-refractivity contribution in [3.05, 3.63) is 0 Å². The highest BCUT2D eigenvalue weighted by Crippen LogP contribution is 2.19. The van der Waals surface area contributed by atoms with E-state index in [1.165, 1.54) is 4.90 Å². The van der Waals surface area contributed by atoms with E-state index < -0.39 is 17.5 Å². The van der Waals surface area contributed by atoms with E-state index in [0.717, 1.165) is 0 Å². The van der Waals surface area contributed by atoms with E-state index in [2.05, 4.69) is 10.6 Å². The zero-order chi connectivity index (χ0) is 13.9. The van der Waals surface area contributed by atoms with Gasteiger partial charge in [-0.25, -0.2) is 4.79 Å². The first kappa shape index (κ1) is 14.4. The van der Waals surface area contributed by atoms with Crippen LogP contribution < -0.4 is 16.4 Å². The summed E-state index contributed by atoms with van der Waals surface area (Å²) in [5.74, 6) is -0.514. The average Bonchev–Trinajstić information content (AvgIpc) is 2.49. The van der Waals surface area contributed by atoms with Crippen molar-refractivity contribution >= 4 is 17.8 Å². The number of nitrogens with zero attached hydrogens (tertiary/aromatic N) is 1. The summed E-state index contributed by atoms with van der Waals surface area (Å²) in [6, 6.07) is -0.535. The Morgan fingerprint density at radius 1 is 1.50 bits per heavy atom. The smallest absolute Gasteiger partial charge is 0.325 e. The van der Waals surface area contributed by atoms with Crippen molar-refractivity contribution in [2.24, 2.45) is 11.7 Å². The summed E-state index contributed by atoms with van der Waals surface area (Å²) >= 11 is 0. The molecule has 4 amide bonds. The maximum Gasteiger partial charge on any atom is 0.325 e. The number of hydrogen-bond donors (Lipinski definition) is 3. The summed E-state index contributed by atoms with van der Waals surface area (Å²) in [4.78, 5) is 35.9. The lowest BCUT2D eigenvalue weighted by Gasteiger charge is -2.27. The maximum absolute atomic E-state index is 11.7. The lowest BCUT2D eigenvalue weighted by Crippen LogP contribution is -2.49. The van der Waals surface area contributed by atoms with Gasteiger partial charge >= 0.3 is 6.03 Å². The number of carbonyl (C=O) groups is 3. The van der Waals surface area contributed by atoms with Gasteiger partial charge in [-0.1, -0.05) is 6.92 Å². The third-order valence-electron chi connectivity index (χ3n) is 3.05. The Kier molecular flexibility index (Phi) is 4.28. The van der Waals surface area contributed by atoms with Crippen LogP contribution in [-0.2, 0) is 9.59 Å². The van der Waals surface area contributed by atoms with Gasteiger partial charge in [0.1, 0.15) is 12.1 Å². The van der Waals surface area contributed by atoms with Gasteiger partial charge < -0.3 is 16.0 Å². The van der Waals surface area contributed by atoms with E-state index in [1.807, 2.05) is 6.92 Å². The van der Waals surface area contributed by atoms with Gasteiger partial charge in [0.15, 0.2) is 0 Å². The van der Waals surface area contributed by atoms with Crippen LogP contribution in [0, 0.1) is 5.92 Å². The number of nitrogens with one attached hydrogen (secondary N) is 2. The Bertz CT molecular complexity index is 367. The second-order valence-corrected chi connectivity index (χ2v) is 5.05. The van der Waals surface area contributed by atoms with Crippen LogP contribution in [-0.4, -0.2) is 47.9 Å². The number of imide groups is 1. The van der Waals surface area contributed by atoms with Crippen molar-refractivity contribution in [3.8, 4) is 0 Å². The summed E-state index contributed by atoms with van der Waals surface area (Å²) in [6.07, 6.45) is 0. The summed E-state index contributed by atoms with van der Waals surface area (Å²) in [5, 5.41) is 4.87. The van der Waals surface area contributed by atoms with Crippen molar-refractivity contribution in [2.75, 3.05) is 19.6 Å². The third-order valence-corrected chi connectivity index (χ3v) is 3.05. The predicted molar refractivity (Wildman–Crippen MR) is 65.6 cm³/mol. The van der Waals surface area contributed by atoms with Crippen LogP contribution in [0.5, 0.6) is 0 Å². The second-order valence-electron chi connectivity index (χ2n) is 5.05. The fourth-order valence-corrected chi connectivity index (χ4v) is 1.53. The quantitative estimate of drug-likeness (QED) is 0.550. The Labute approximate surface area is 106 Å².